The zero-order valence-corrected chi connectivity index (χ0v) is 12.3. The summed E-state index contributed by atoms with van der Waals surface area (Å²) in [4.78, 5) is 22.9. The van der Waals surface area contributed by atoms with E-state index in [1.807, 2.05) is 0 Å². The van der Waals surface area contributed by atoms with Crippen molar-refractivity contribution in [2.45, 2.75) is 26.9 Å². The number of hydrogen-bond acceptors (Lipinski definition) is 3. The number of nitrogens with one attached hydrogen (secondary N) is 1. The molecule has 2 atom stereocenters. The van der Waals surface area contributed by atoms with Crippen LogP contribution in [0.2, 0.25) is 0 Å². The van der Waals surface area contributed by atoms with Gasteiger partial charge < -0.3 is 15.2 Å². The van der Waals surface area contributed by atoms with Crippen LogP contribution in [0.25, 0.3) is 0 Å². The first-order valence-corrected chi connectivity index (χ1v) is 6.74. The average Bonchev–Trinajstić information content (AvgIpc) is 2.40. The van der Waals surface area contributed by atoms with Crippen molar-refractivity contribution in [3.8, 4) is 5.75 Å². The molecule has 0 aliphatic rings. The van der Waals surface area contributed by atoms with E-state index in [1.54, 1.807) is 19.9 Å². The van der Waals surface area contributed by atoms with Crippen molar-refractivity contribution >= 4 is 11.9 Å². The lowest BCUT2D eigenvalue weighted by atomic mass is 9.96. The third-order valence-electron chi connectivity index (χ3n) is 3.13. The Labute approximate surface area is 123 Å². The van der Waals surface area contributed by atoms with E-state index in [4.69, 9.17) is 9.84 Å². The summed E-state index contributed by atoms with van der Waals surface area (Å²) in [6.07, 6.45) is -0.913. The zero-order chi connectivity index (χ0) is 16.0. The maximum atomic E-state index is 13.4. The second-order valence-electron chi connectivity index (χ2n) is 5.12. The molecule has 0 radical (unpaired) electrons. The van der Waals surface area contributed by atoms with Crippen LogP contribution in [-0.4, -0.2) is 29.6 Å². The number of hydrogen-bond donors (Lipinski definition) is 2. The van der Waals surface area contributed by atoms with Crippen molar-refractivity contribution < 1.29 is 23.8 Å². The van der Waals surface area contributed by atoms with Gasteiger partial charge in [-0.1, -0.05) is 26.0 Å². The molecule has 0 aromatic heterocycles. The Balaban J connectivity index is 2.55. The predicted molar refractivity (Wildman–Crippen MR) is 75.5 cm³/mol. The topological polar surface area (TPSA) is 75.6 Å². The number of carbonyl (C=O) groups excluding carboxylic acids is 1. The zero-order valence-electron chi connectivity index (χ0n) is 12.3. The van der Waals surface area contributed by atoms with Crippen LogP contribution in [0.4, 0.5) is 4.39 Å². The van der Waals surface area contributed by atoms with Crippen LogP contribution < -0.4 is 10.1 Å². The van der Waals surface area contributed by atoms with E-state index in [0.29, 0.717) is 0 Å². The fourth-order valence-corrected chi connectivity index (χ4v) is 1.75. The summed E-state index contributed by atoms with van der Waals surface area (Å²) in [5.74, 6) is -2.79. The van der Waals surface area contributed by atoms with Crippen LogP contribution in [-0.2, 0) is 9.59 Å². The van der Waals surface area contributed by atoms with Gasteiger partial charge in [0.2, 0.25) is 0 Å². The van der Waals surface area contributed by atoms with E-state index in [0.717, 1.165) is 0 Å². The van der Waals surface area contributed by atoms with Gasteiger partial charge in [-0.25, -0.2) is 4.39 Å². The lowest BCUT2D eigenvalue weighted by molar-refractivity contribution is -0.143. The highest BCUT2D eigenvalue weighted by atomic mass is 19.1. The van der Waals surface area contributed by atoms with E-state index in [1.165, 1.54) is 25.1 Å². The fourth-order valence-electron chi connectivity index (χ4n) is 1.75. The van der Waals surface area contributed by atoms with Gasteiger partial charge in [-0.05, 0) is 25.0 Å². The van der Waals surface area contributed by atoms with Crippen LogP contribution in [0.1, 0.15) is 20.8 Å². The van der Waals surface area contributed by atoms with E-state index < -0.39 is 29.7 Å². The van der Waals surface area contributed by atoms with Gasteiger partial charge in [-0.2, -0.15) is 0 Å². The number of rotatable bonds is 7. The Morgan fingerprint density at radius 1 is 1.29 bits per heavy atom. The van der Waals surface area contributed by atoms with Crippen LogP contribution in [0.5, 0.6) is 5.75 Å². The number of para-hydroxylation sites is 1. The van der Waals surface area contributed by atoms with E-state index in [-0.39, 0.29) is 18.2 Å². The number of aliphatic carboxylic acids is 1. The summed E-state index contributed by atoms with van der Waals surface area (Å²) in [6.45, 7) is 5.03. The first-order chi connectivity index (χ1) is 9.82. The number of carboxylic acid groups (broad SMARTS) is 1. The molecule has 0 fully saturated rings. The summed E-state index contributed by atoms with van der Waals surface area (Å²) in [6, 6.07) is 5.78. The molecule has 0 aliphatic carbocycles. The van der Waals surface area contributed by atoms with Crippen molar-refractivity contribution in [1.29, 1.82) is 0 Å². The Morgan fingerprint density at radius 3 is 2.43 bits per heavy atom. The molecule has 21 heavy (non-hydrogen) atoms. The molecule has 0 bridgehead atoms. The van der Waals surface area contributed by atoms with Gasteiger partial charge in [0.1, 0.15) is 0 Å². The van der Waals surface area contributed by atoms with Crippen molar-refractivity contribution in [3.05, 3.63) is 30.1 Å². The lowest BCUT2D eigenvalue weighted by Gasteiger charge is -2.19. The highest BCUT2D eigenvalue weighted by molar-refractivity contribution is 5.81. The second kappa shape index (κ2) is 7.61. The first-order valence-electron chi connectivity index (χ1n) is 6.74. The first kappa shape index (κ1) is 16.9. The van der Waals surface area contributed by atoms with Crippen LogP contribution >= 0.6 is 0 Å². The number of halogens is 1. The van der Waals surface area contributed by atoms with Gasteiger partial charge in [-0.3, -0.25) is 9.59 Å². The molecule has 2 unspecified atom stereocenters. The lowest BCUT2D eigenvalue weighted by Crippen LogP contribution is -2.41. The molecular weight excluding hydrogens is 277 g/mol. The van der Waals surface area contributed by atoms with Crippen molar-refractivity contribution in [3.63, 3.8) is 0 Å². The average molecular weight is 297 g/mol. The number of benzene rings is 1. The molecule has 0 spiro atoms. The molecular formula is C15H20FNO4. The van der Waals surface area contributed by atoms with Crippen molar-refractivity contribution in [2.24, 2.45) is 11.8 Å². The molecule has 116 valence electrons. The molecule has 1 amide bonds. The molecule has 0 aliphatic heterocycles. The number of carboxylic acids is 1. The molecule has 1 aromatic carbocycles. The van der Waals surface area contributed by atoms with Gasteiger partial charge in [0, 0.05) is 6.54 Å². The highest BCUT2D eigenvalue weighted by Gasteiger charge is 2.24. The third kappa shape index (κ3) is 5.06. The maximum absolute atomic E-state index is 13.4. The SMILES string of the molecule is CC(Oc1ccccc1F)C(=O)NCC(C(=O)O)C(C)C. The van der Waals surface area contributed by atoms with Gasteiger partial charge in [0.15, 0.2) is 17.7 Å². The fraction of sp³-hybridized carbons (Fsp3) is 0.467. The maximum Gasteiger partial charge on any atom is 0.308 e. The van der Waals surface area contributed by atoms with E-state index >= 15 is 0 Å². The standard InChI is InChI=1S/C15H20FNO4/c1-9(2)11(15(19)20)8-17-14(18)10(3)21-13-7-5-4-6-12(13)16/h4-7,9-11H,8H2,1-3H3,(H,17,18)(H,19,20). The molecule has 0 saturated carbocycles. The Hall–Kier alpha value is -2.11. The van der Waals surface area contributed by atoms with Crippen molar-refractivity contribution in [2.75, 3.05) is 6.54 Å². The quantitative estimate of drug-likeness (QED) is 0.808. The smallest absolute Gasteiger partial charge is 0.308 e. The minimum absolute atomic E-state index is 0.0107. The molecule has 0 heterocycles. The summed E-state index contributed by atoms with van der Waals surface area (Å²) in [5, 5.41) is 11.6. The van der Waals surface area contributed by atoms with Gasteiger partial charge >= 0.3 is 5.97 Å². The normalized spacial score (nSPS) is 13.6. The Morgan fingerprint density at radius 2 is 1.90 bits per heavy atom. The van der Waals surface area contributed by atoms with Gasteiger partial charge in [0.05, 0.1) is 5.92 Å². The van der Waals surface area contributed by atoms with Gasteiger partial charge in [-0.15, -0.1) is 0 Å². The molecule has 0 saturated heterocycles. The largest absolute Gasteiger partial charge is 0.481 e. The number of amides is 1. The summed E-state index contributed by atoms with van der Waals surface area (Å²) >= 11 is 0. The minimum atomic E-state index is -0.965. The molecule has 5 nitrogen and oxygen atoms in total. The van der Waals surface area contributed by atoms with Crippen LogP contribution in [0.3, 0.4) is 0 Å². The van der Waals surface area contributed by atoms with Crippen molar-refractivity contribution in [1.82, 2.24) is 5.32 Å². The Kier molecular flexibility index (Phi) is 6.14. The van der Waals surface area contributed by atoms with Crippen LogP contribution in [0, 0.1) is 17.7 Å². The van der Waals surface area contributed by atoms with Crippen LogP contribution in [0.15, 0.2) is 24.3 Å². The predicted octanol–water partition coefficient (Wildman–Crippen LogP) is 2.07. The van der Waals surface area contributed by atoms with Gasteiger partial charge in [0.25, 0.3) is 5.91 Å². The highest BCUT2D eigenvalue weighted by Crippen LogP contribution is 2.17. The summed E-state index contributed by atoms with van der Waals surface area (Å²) < 4.78 is 18.6. The molecule has 1 aromatic rings. The Bertz CT molecular complexity index is 504. The molecule has 2 N–H and O–H groups in total. The number of carbonyl (C=O) groups is 2. The monoisotopic (exact) mass is 297 g/mol. The number of ether oxygens (including phenoxy) is 1. The molecule has 1 rings (SSSR count). The van der Waals surface area contributed by atoms with E-state index in [2.05, 4.69) is 5.32 Å². The summed E-state index contributed by atoms with van der Waals surface area (Å²) in [7, 11) is 0. The minimum Gasteiger partial charge on any atom is -0.481 e. The second-order valence-corrected chi connectivity index (χ2v) is 5.12. The molecule has 6 heteroatoms. The summed E-state index contributed by atoms with van der Waals surface area (Å²) in [5.41, 5.74) is 0. The third-order valence-corrected chi connectivity index (χ3v) is 3.13. The van der Waals surface area contributed by atoms with E-state index in [9.17, 15) is 14.0 Å².